The molecule has 2 heterocycles. The van der Waals surface area contributed by atoms with Gasteiger partial charge in [-0.15, -0.1) is 6.58 Å². The SMILES string of the molecule is C=CCN1CCC(c2ccc(C(=O)Nc3cc(CCc4cc(OC)cc(OC)c4)[nH]n3)cc2)CC1. The van der Waals surface area contributed by atoms with Crippen LogP contribution in [0.25, 0.3) is 0 Å². The summed E-state index contributed by atoms with van der Waals surface area (Å²) in [6.45, 7) is 6.96. The molecule has 0 unspecified atom stereocenters. The largest absolute Gasteiger partial charge is 0.497 e. The molecule has 184 valence electrons. The normalized spacial score (nSPS) is 14.5. The fourth-order valence-corrected chi connectivity index (χ4v) is 4.57. The molecule has 0 bridgehead atoms. The third-order valence-electron chi connectivity index (χ3n) is 6.59. The highest BCUT2D eigenvalue weighted by Gasteiger charge is 2.20. The first-order chi connectivity index (χ1) is 17.1. The lowest BCUT2D eigenvalue weighted by atomic mass is 9.89. The van der Waals surface area contributed by atoms with Gasteiger partial charge in [0, 0.05) is 29.9 Å². The monoisotopic (exact) mass is 474 g/mol. The molecule has 2 N–H and O–H groups in total. The van der Waals surface area contributed by atoms with Crippen LogP contribution in [0.5, 0.6) is 11.5 Å². The molecule has 0 radical (unpaired) electrons. The van der Waals surface area contributed by atoms with Crippen molar-refractivity contribution in [3.05, 3.63) is 83.6 Å². The van der Waals surface area contributed by atoms with Gasteiger partial charge in [-0.1, -0.05) is 18.2 Å². The minimum atomic E-state index is -0.159. The van der Waals surface area contributed by atoms with Crippen molar-refractivity contribution in [3.8, 4) is 11.5 Å². The van der Waals surface area contributed by atoms with Crippen molar-refractivity contribution in [2.75, 3.05) is 39.2 Å². The number of nitrogens with one attached hydrogen (secondary N) is 2. The summed E-state index contributed by atoms with van der Waals surface area (Å²) >= 11 is 0. The zero-order valence-corrected chi connectivity index (χ0v) is 20.5. The van der Waals surface area contributed by atoms with E-state index in [1.165, 1.54) is 5.56 Å². The van der Waals surface area contributed by atoms with Gasteiger partial charge in [0.1, 0.15) is 11.5 Å². The van der Waals surface area contributed by atoms with Crippen LogP contribution in [-0.4, -0.2) is 54.9 Å². The third kappa shape index (κ3) is 6.51. The zero-order valence-electron chi connectivity index (χ0n) is 20.5. The predicted molar refractivity (Wildman–Crippen MR) is 139 cm³/mol. The van der Waals surface area contributed by atoms with E-state index in [1.54, 1.807) is 14.2 Å². The Morgan fingerprint density at radius 1 is 1.09 bits per heavy atom. The topological polar surface area (TPSA) is 79.5 Å². The van der Waals surface area contributed by atoms with E-state index in [4.69, 9.17) is 9.47 Å². The summed E-state index contributed by atoms with van der Waals surface area (Å²) < 4.78 is 10.7. The first kappa shape index (κ1) is 24.5. The van der Waals surface area contributed by atoms with Crippen LogP contribution < -0.4 is 14.8 Å². The highest BCUT2D eigenvalue weighted by molar-refractivity contribution is 6.03. The number of rotatable bonds is 10. The van der Waals surface area contributed by atoms with Crippen LogP contribution in [0.15, 0.2) is 61.2 Å². The highest BCUT2D eigenvalue weighted by atomic mass is 16.5. The van der Waals surface area contributed by atoms with Gasteiger partial charge in [-0.2, -0.15) is 5.10 Å². The average Bonchev–Trinajstić information content (AvgIpc) is 3.35. The number of aromatic nitrogens is 2. The number of carbonyl (C=O) groups is 1. The number of anilines is 1. The van der Waals surface area contributed by atoms with E-state index in [-0.39, 0.29) is 5.91 Å². The first-order valence-electron chi connectivity index (χ1n) is 12.1. The van der Waals surface area contributed by atoms with Crippen LogP contribution in [0.4, 0.5) is 5.82 Å². The number of likely N-dealkylation sites (tertiary alicyclic amines) is 1. The molecule has 1 fully saturated rings. The average molecular weight is 475 g/mol. The summed E-state index contributed by atoms with van der Waals surface area (Å²) in [7, 11) is 3.29. The quantitative estimate of drug-likeness (QED) is 0.412. The van der Waals surface area contributed by atoms with E-state index in [9.17, 15) is 4.79 Å². The van der Waals surface area contributed by atoms with Crippen LogP contribution in [0, 0.1) is 0 Å². The number of ether oxygens (including phenoxy) is 2. The van der Waals surface area contributed by atoms with Crippen molar-refractivity contribution in [3.63, 3.8) is 0 Å². The van der Waals surface area contributed by atoms with Gasteiger partial charge in [-0.05, 0) is 80.1 Å². The Bertz CT molecular complexity index is 1110. The zero-order chi connectivity index (χ0) is 24.6. The fraction of sp³-hybridized carbons (Fsp3) is 0.357. The molecular weight excluding hydrogens is 440 g/mol. The fourth-order valence-electron chi connectivity index (χ4n) is 4.57. The number of piperidine rings is 1. The van der Waals surface area contributed by atoms with Gasteiger partial charge in [-0.25, -0.2) is 0 Å². The summed E-state index contributed by atoms with van der Waals surface area (Å²) in [5.41, 5.74) is 3.98. The van der Waals surface area contributed by atoms with Gasteiger partial charge in [0.05, 0.1) is 14.2 Å². The molecule has 1 amide bonds. The molecule has 7 nitrogen and oxygen atoms in total. The van der Waals surface area contributed by atoms with Gasteiger partial charge in [-0.3, -0.25) is 14.8 Å². The second kappa shape index (κ2) is 11.7. The van der Waals surface area contributed by atoms with E-state index in [2.05, 4.69) is 39.1 Å². The lowest BCUT2D eigenvalue weighted by molar-refractivity contribution is 0.102. The molecule has 0 spiro atoms. The highest BCUT2D eigenvalue weighted by Crippen LogP contribution is 2.28. The number of hydrogen-bond donors (Lipinski definition) is 2. The third-order valence-corrected chi connectivity index (χ3v) is 6.59. The number of benzene rings is 2. The number of nitrogens with zero attached hydrogens (tertiary/aromatic N) is 2. The van der Waals surface area contributed by atoms with Crippen molar-refractivity contribution < 1.29 is 14.3 Å². The Morgan fingerprint density at radius 2 is 1.77 bits per heavy atom. The summed E-state index contributed by atoms with van der Waals surface area (Å²) in [6.07, 6.45) is 5.78. The Balaban J connectivity index is 1.30. The minimum Gasteiger partial charge on any atom is -0.497 e. The molecule has 1 aromatic heterocycles. The van der Waals surface area contributed by atoms with Crippen LogP contribution in [0.3, 0.4) is 0 Å². The van der Waals surface area contributed by atoms with Crippen molar-refractivity contribution in [2.45, 2.75) is 31.6 Å². The van der Waals surface area contributed by atoms with E-state index in [0.29, 0.717) is 17.3 Å². The Kier molecular flexibility index (Phi) is 8.21. The lowest BCUT2D eigenvalue weighted by Crippen LogP contribution is -2.32. The Morgan fingerprint density at radius 3 is 2.40 bits per heavy atom. The molecular formula is C28H34N4O3. The number of hydrogen-bond acceptors (Lipinski definition) is 5. The van der Waals surface area contributed by atoms with Gasteiger partial charge >= 0.3 is 0 Å². The number of methoxy groups -OCH3 is 2. The van der Waals surface area contributed by atoms with Crippen molar-refractivity contribution in [2.24, 2.45) is 0 Å². The molecule has 0 saturated carbocycles. The van der Waals surface area contributed by atoms with Gasteiger partial charge in [0.15, 0.2) is 5.82 Å². The molecule has 0 atom stereocenters. The van der Waals surface area contributed by atoms with E-state index >= 15 is 0 Å². The number of H-pyrrole nitrogens is 1. The molecule has 1 aliphatic rings. The summed E-state index contributed by atoms with van der Waals surface area (Å²) in [6, 6.07) is 15.7. The molecule has 1 saturated heterocycles. The molecule has 3 aromatic rings. The Hall–Kier alpha value is -3.58. The van der Waals surface area contributed by atoms with Crippen LogP contribution in [0.2, 0.25) is 0 Å². The molecule has 0 aliphatic carbocycles. The van der Waals surface area contributed by atoms with Gasteiger partial charge in [0.25, 0.3) is 5.91 Å². The molecule has 4 rings (SSSR count). The minimum absolute atomic E-state index is 0.159. The summed E-state index contributed by atoms with van der Waals surface area (Å²) in [5, 5.41) is 10.2. The van der Waals surface area contributed by atoms with Crippen LogP contribution in [-0.2, 0) is 12.8 Å². The summed E-state index contributed by atoms with van der Waals surface area (Å²) in [5.74, 6) is 2.44. The van der Waals surface area contributed by atoms with Gasteiger partial charge in [0.2, 0.25) is 0 Å². The van der Waals surface area contributed by atoms with Crippen LogP contribution in [0.1, 0.15) is 45.9 Å². The number of aryl methyl sites for hydroxylation is 2. The van der Waals surface area contributed by atoms with Gasteiger partial charge < -0.3 is 14.8 Å². The summed E-state index contributed by atoms with van der Waals surface area (Å²) in [4.78, 5) is 15.2. The molecule has 7 heteroatoms. The number of amides is 1. The molecule has 35 heavy (non-hydrogen) atoms. The standard InChI is InChI=1S/C28H34N4O3/c1-4-13-32-14-11-22(12-15-32)21-6-8-23(9-7-21)28(33)29-27-18-24(30-31-27)10-5-20-16-25(34-2)19-26(17-20)35-3/h4,6-9,16-19,22H,1,5,10-15H2,2-3H3,(H2,29,30,31,33). The van der Waals surface area contributed by atoms with Crippen LogP contribution >= 0.6 is 0 Å². The maximum Gasteiger partial charge on any atom is 0.256 e. The maximum absolute atomic E-state index is 12.7. The maximum atomic E-state index is 12.7. The predicted octanol–water partition coefficient (Wildman–Crippen LogP) is 4.83. The van der Waals surface area contributed by atoms with Crippen molar-refractivity contribution >= 4 is 11.7 Å². The molecule has 1 aliphatic heterocycles. The first-order valence-corrected chi connectivity index (χ1v) is 12.1. The molecule has 2 aromatic carbocycles. The van der Waals surface area contributed by atoms with E-state index in [0.717, 1.165) is 68.1 Å². The van der Waals surface area contributed by atoms with E-state index < -0.39 is 0 Å². The number of aromatic amines is 1. The lowest BCUT2D eigenvalue weighted by Gasteiger charge is -2.31. The van der Waals surface area contributed by atoms with Crippen molar-refractivity contribution in [1.29, 1.82) is 0 Å². The smallest absolute Gasteiger partial charge is 0.256 e. The van der Waals surface area contributed by atoms with E-state index in [1.807, 2.05) is 42.5 Å². The second-order valence-corrected chi connectivity index (χ2v) is 8.94. The second-order valence-electron chi connectivity index (χ2n) is 8.94. The number of carbonyl (C=O) groups excluding carboxylic acids is 1. The Labute approximate surface area is 207 Å². The van der Waals surface area contributed by atoms with Crippen molar-refractivity contribution in [1.82, 2.24) is 15.1 Å².